The molecule has 0 saturated heterocycles. The number of ether oxygens (including phenoxy) is 5. The lowest BCUT2D eigenvalue weighted by Crippen LogP contribution is -2.12. The van der Waals surface area contributed by atoms with Crippen LogP contribution in [0.2, 0.25) is 0 Å². The molecule has 2 aromatic carbocycles. The van der Waals surface area contributed by atoms with Crippen molar-refractivity contribution >= 4 is 0 Å². The zero-order chi connectivity index (χ0) is 19.2. The van der Waals surface area contributed by atoms with Crippen molar-refractivity contribution < 1.29 is 28.8 Å². The molecule has 144 valence electrons. The van der Waals surface area contributed by atoms with E-state index in [1.54, 1.807) is 27.2 Å². The maximum Gasteiger partial charge on any atom is 0.189 e. The average molecular weight is 364 g/mol. The van der Waals surface area contributed by atoms with Crippen LogP contribution in [0.25, 0.3) is 0 Å². The van der Waals surface area contributed by atoms with Crippen molar-refractivity contribution in [3.8, 4) is 23.0 Å². The molecule has 0 aliphatic carbocycles. The standard InChI is InChI=1S/2C10H14O3/c1-8(11)7-13-10-5-3-4-9(6-10)12-2;1-3-12-8-13-10-7-5-4-6-9(10)11-2/h3-6,8,11H,7H2,1-2H3;4-7H,3,8H2,1-2H3. The largest absolute Gasteiger partial charge is 0.497 e. The van der Waals surface area contributed by atoms with E-state index in [0.717, 1.165) is 11.5 Å². The lowest BCUT2D eigenvalue weighted by Gasteiger charge is -2.09. The van der Waals surface area contributed by atoms with Gasteiger partial charge in [0.1, 0.15) is 18.1 Å². The van der Waals surface area contributed by atoms with E-state index in [0.29, 0.717) is 24.7 Å². The van der Waals surface area contributed by atoms with Gasteiger partial charge in [0.15, 0.2) is 18.3 Å². The molecule has 0 bridgehead atoms. The quantitative estimate of drug-likeness (QED) is 0.542. The molecule has 6 nitrogen and oxygen atoms in total. The monoisotopic (exact) mass is 364 g/mol. The highest BCUT2D eigenvalue weighted by molar-refractivity contribution is 5.39. The molecule has 1 N–H and O–H groups in total. The number of benzene rings is 2. The number of aliphatic hydroxyl groups is 1. The molecule has 0 saturated carbocycles. The Bertz CT molecular complexity index is 615. The van der Waals surface area contributed by atoms with E-state index in [9.17, 15) is 0 Å². The van der Waals surface area contributed by atoms with Crippen LogP contribution < -0.4 is 18.9 Å². The minimum Gasteiger partial charge on any atom is -0.497 e. The van der Waals surface area contributed by atoms with Gasteiger partial charge in [-0.1, -0.05) is 18.2 Å². The number of para-hydroxylation sites is 2. The third-order valence-electron chi connectivity index (χ3n) is 3.10. The van der Waals surface area contributed by atoms with Gasteiger partial charge in [-0.15, -0.1) is 0 Å². The molecular formula is C20H28O6. The zero-order valence-corrected chi connectivity index (χ0v) is 15.8. The first-order chi connectivity index (χ1) is 12.6. The average Bonchev–Trinajstić information content (AvgIpc) is 2.67. The summed E-state index contributed by atoms with van der Waals surface area (Å²) in [5.74, 6) is 2.89. The molecular weight excluding hydrogens is 336 g/mol. The Labute approximate surface area is 155 Å². The third-order valence-corrected chi connectivity index (χ3v) is 3.10. The summed E-state index contributed by atoms with van der Waals surface area (Å²) in [5.41, 5.74) is 0. The van der Waals surface area contributed by atoms with E-state index < -0.39 is 6.10 Å². The molecule has 1 unspecified atom stereocenters. The Morgan fingerprint density at radius 1 is 0.885 bits per heavy atom. The van der Waals surface area contributed by atoms with Crippen molar-refractivity contribution in [2.45, 2.75) is 20.0 Å². The fourth-order valence-electron chi connectivity index (χ4n) is 1.83. The molecule has 0 aromatic heterocycles. The van der Waals surface area contributed by atoms with Crippen molar-refractivity contribution in [2.24, 2.45) is 0 Å². The molecule has 2 rings (SSSR count). The van der Waals surface area contributed by atoms with Gasteiger partial charge in [-0.05, 0) is 38.1 Å². The lowest BCUT2D eigenvalue weighted by molar-refractivity contribution is 0.0209. The molecule has 0 fully saturated rings. The number of aliphatic hydroxyl groups excluding tert-OH is 1. The Morgan fingerprint density at radius 2 is 1.58 bits per heavy atom. The minimum absolute atomic E-state index is 0.261. The summed E-state index contributed by atoms with van der Waals surface area (Å²) in [6, 6.07) is 14.8. The summed E-state index contributed by atoms with van der Waals surface area (Å²) in [5, 5.41) is 8.98. The van der Waals surface area contributed by atoms with Crippen LogP contribution in [0.5, 0.6) is 23.0 Å². The molecule has 0 amide bonds. The van der Waals surface area contributed by atoms with Crippen LogP contribution >= 0.6 is 0 Å². The number of hydrogen-bond acceptors (Lipinski definition) is 6. The first kappa shape index (κ1) is 21.6. The normalized spacial score (nSPS) is 11.0. The van der Waals surface area contributed by atoms with Gasteiger partial charge in [0.05, 0.1) is 20.3 Å². The van der Waals surface area contributed by atoms with Crippen LogP contribution in [0.1, 0.15) is 13.8 Å². The summed E-state index contributed by atoms with van der Waals surface area (Å²) in [6.07, 6.45) is -0.453. The minimum atomic E-state index is -0.453. The first-order valence-electron chi connectivity index (χ1n) is 8.39. The van der Waals surface area contributed by atoms with Gasteiger partial charge in [-0.3, -0.25) is 0 Å². The topological polar surface area (TPSA) is 66.4 Å². The summed E-state index contributed by atoms with van der Waals surface area (Å²) >= 11 is 0. The predicted octanol–water partition coefficient (Wildman–Crippen LogP) is 3.52. The van der Waals surface area contributed by atoms with Crippen molar-refractivity contribution in [3.63, 3.8) is 0 Å². The van der Waals surface area contributed by atoms with Crippen molar-refractivity contribution in [2.75, 3.05) is 34.2 Å². The summed E-state index contributed by atoms with van der Waals surface area (Å²) < 4.78 is 25.8. The molecule has 0 heterocycles. The summed E-state index contributed by atoms with van der Waals surface area (Å²) in [4.78, 5) is 0. The van der Waals surface area contributed by atoms with E-state index in [4.69, 9.17) is 28.8 Å². The second-order valence-electron chi connectivity index (χ2n) is 5.24. The van der Waals surface area contributed by atoms with Gasteiger partial charge in [0.2, 0.25) is 0 Å². The highest BCUT2D eigenvalue weighted by atomic mass is 16.7. The van der Waals surface area contributed by atoms with E-state index in [1.165, 1.54) is 0 Å². The molecule has 0 spiro atoms. The molecule has 2 aromatic rings. The second-order valence-corrected chi connectivity index (χ2v) is 5.24. The Hall–Kier alpha value is -2.44. The second kappa shape index (κ2) is 12.9. The SMILES string of the molecule is CCOCOc1ccccc1OC.COc1cccc(OCC(C)O)c1. The van der Waals surface area contributed by atoms with Crippen LogP contribution in [-0.4, -0.2) is 45.4 Å². The lowest BCUT2D eigenvalue weighted by atomic mass is 10.3. The summed E-state index contributed by atoms with van der Waals surface area (Å²) in [6.45, 7) is 4.81. The highest BCUT2D eigenvalue weighted by Crippen LogP contribution is 2.25. The van der Waals surface area contributed by atoms with Gasteiger partial charge in [-0.2, -0.15) is 0 Å². The molecule has 0 aliphatic heterocycles. The molecule has 1 atom stereocenters. The maximum absolute atomic E-state index is 8.98. The first-order valence-corrected chi connectivity index (χ1v) is 8.39. The van der Waals surface area contributed by atoms with Crippen molar-refractivity contribution in [1.82, 2.24) is 0 Å². The molecule has 26 heavy (non-hydrogen) atoms. The smallest absolute Gasteiger partial charge is 0.189 e. The maximum atomic E-state index is 8.98. The number of rotatable bonds is 9. The van der Waals surface area contributed by atoms with E-state index >= 15 is 0 Å². The Morgan fingerprint density at radius 3 is 2.19 bits per heavy atom. The fourth-order valence-corrected chi connectivity index (χ4v) is 1.83. The molecule has 0 aliphatic rings. The van der Waals surface area contributed by atoms with Crippen molar-refractivity contribution in [3.05, 3.63) is 48.5 Å². The third kappa shape index (κ3) is 8.60. The van der Waals surface area contributed by atoms with E-state index in [-0.39, 0.29) is 6.79 Å². The van der Waals surface area contributed by atoms with Crippen molar-refractivity contribution in [1.29, 1.82) is 0 Å². The zero-order valence-electron chi connectivity index (χ0n) is 15.8. The van der Waals surface area contributed by atoms with E-state index in [1.807, 2.05) is 49.4 Å². The Kier molecular flexibility index (Phi) is 10.7. The van der Waals surface area contributed by atoms with E-state index in [2.05, 4.69) is 0 Å². The number of methoxy groups -OCH3 is 2. The highest BCUT2D eigenvalue weighted by Gasteiger charge is 2.01. The Balaban J connectivity index is 0.000000260. The fraction of sp³-hybridized carbons (Fsp3) is 0.400. The van der Waals surface area contributed by atoms with Gasteiger partial charge in [0, 0.05) is 12.7 Å². The predicted molar refractivity (Wildman–Crippen MR) is 100 cm³/mol. The van der Waals surface area contributed by atoms with Gasteiger partial charge < -0.3 is 28.8 Å². The molecule has 0 radical (unpaired) electrons. The van der Waals surface area contributed by atoms with Gasteiger partial charge >= 0.3 is 0 Å². The summed E-state index contributed by atoms with van der Waals surface area (Å²) in [7, 11) is 3.22. The van der Waals surface area contributed by atoms with Gasteiger partial charge in [-0.25, -0.2) is 0 Å². The van der Waals surface area contributed by atoms with Crippen LogP contribution in [0.3, 0.4) is 0 Å². The number of hydrogen-bond donors (Lipinski definition) is 1. The van der Waals surface area contributed by atoms with Crippen LogP contribution in [0.15, 0.2) is 48.5 Å². The van der Waals surface area contributed by atoms with Crippen LogP contribution in [-0.2, 0) is 4.74 Å². The van der Waals surface area contributed by atoms with Crippen LogP contribution in [0, 0.1) is 0 Å². The molecule has 6 heteroatoms. The van der Waals surface area contributed by atoms with Crippen LogP contribution in [0.4, 0.5) is 0 Å². The van der Waals surface area contributed by atoms with Gasteiger partial charge in [0.25, 0.3) is 0 Å².